The second-order valence-corrected chi connectivity index (χ2v) is 8.80. The summed E-state index contributed by atoms with van der Waals surface area (Å²) in [5.74, 6) is -0.536. The molecule has 0 aliphatic rings. The number of carbonyl (C=O) groups is 2. The van der Waals surface area contributed by atoms with Crippen LogP contribution in [0.3, 0.4) is 0 Å². The minimum atomic E-state index is -0.967. The van der Waals surface area contributed by atoms with E-state index in [1.807, 2.05) is 30.3 Å². The number of aromatic carboxylic acids is 1. The fourth-order valence-corrected chi connectivity index (χ4v) is 4.06. The second-order valence-electron chi connectivity index (χ2n) is 8.80. The topological polar surface area (TPSA) is 81.3 Å². The van der Waals surface area contributed by atoms with Gasteiger partial charge in [0.05, 0.1) is 17.8 Å². The number of aromatic nitrogens is 2. The van der Waals surface area contributed by atoms with Crippen molar-refractivity contribution in [2.24, 2.45) is 5.92 Å². The SMILES string of the molecule is CCCCc1c(C=O)n(CCC(C)C)c(=O)n1Cc1ccc(-c2ccccc2C(=O)O)cc1. The first-order valence-electron chi connectivity index (χ1n) is 11.6. The molecule has 0 bridgehead atoms. The van der Waals surface area contributed by atoms with Crippen molar-refractivity contribution in [3.8, 4) is 11.1 Å². The van der Waals surface area contributed by atoms with Crippen LogP contribution in [0.2, 0.25) is 0 Å². The van der Waals surface area contributed by atoms with E-state index < -0.39 is 5.97 Å². The summed E-state index contributed by atoms with van der Waals surface area (Å²) in [7, 11) is 0. The first-order chi connectivity index (χ1) is 15.9. The highest BCUT2D eigenvalue weighted by atomic mass is 16.4. The fraction of sp³-hybridized carbons (Fsp3) is 0.370. The van der Waals surface area contributed by atoms with Crippen molar-refractivity contribution >= 4 is 12.3 Å². The molecule has 3 aromatic rings. The number of imidazole rings is 1. The minimum absolute atomic E-state index is 0.149. The van der Waals surface area contributed by atoms with Crippen molar-refractivity contribution in [3.63, 3.8) is 0 Å². The van der Waals surface area contributed by atoms with E-state index in [4.69, 9.17) is 0 Å². The highest BCUT2D eigenvalue weighted by Crippen LogP contribution is 2.24. The zero-order valence-corrected chi connectivity index (χ0v) is 19.6. The third-order valence-electron chi connectivity index (χ3n) is 5.95. The molecule has 0 aliphatic carbocycles. The molecule has 0 unspecified atom stereocenters. The van der Waals surface area contributed by atoms with Crippen LogP contribution < -0.4 is 5.69 Å². The van der Waals surface area contributed by atoms with E-state index in [0.717, 1.165) is 42.4 Å². The molecule has 0 saturated heterocycles. The van der Waals surface area contributed by atoms with Gasteiger partial charge >= 0.3 is 11.7 Å². The van der Waals surface area contributed by atoms with Crippen LogP contribution in [0, 0.1) is 5.92 Å². The predicted octanol–water partition coefficient (Wildman–Crippen LogP) is 5.26. The van der Waals surface area contributed by atoms with Crippen LogP contribution in [-0.4, -0.2) is 26.5 Å². The van der Waals surface area contributed by atoms with E-state index in [2.05, 4.69) is 20.8 Å². The molecule has 0 radical (unpaired) electrons. The molecular weight excluding hydrogens is 416 g/mol. The van der Waals surface area contributed by atoms with Gasteiger partial charge in [-0.3, -0.25) is 13.9 Å². The molecule has 0 aliphatic heterocycles. The molecule has 0 amide bonds. The summed E-state index contributed by atoms with van der Waals surface area (Å²) in [6.45, 7) is 7.19. The normalized spacial score (nSPS) is 11.2. The Morgan fingerprint density at radius 1 is 1.06 bits per heavy atom. The van der Waals surface area contributed by atoms with E-state index >= 15 is 0 Å². The van der Waals surface area contributed by atoms with E-state index in [9.17, 15) is 19.5 Å². The molecule has 2 aromatic carbocycles. The molecule has 1 aromatic heterocycles. The molecule has 0 fully saturated rings. The molecule has 0 saturated carbocycles. The Kier molecular flexibility index (Phi) is 8.04. The van der Waals surface area contributed by atoms with E-state index in [0.29, 0.717) is 36.7 Å². The summed E-state index contributed by atoms with van der Waals surface area (Å²) in [4.78, 5) is 36.8. The molecule has 174 valence electrons. The van der Waals surface area contributed by atoms with Gasteiger partial charge in [-0.25, -0.2) is 9.59 Å². The molecule has 3 rings (SSSR count). The molecule has 6 heteroatoms. The van der Waals surface area contributed by atoms with Gasteiger partial charge in [-0.05, 0) is 47.9 Å². The molecule has 0 atom stereocenters. The number of hydrogen-bond acceptors (Lipinski definition) is 3. The minimum Gasteiger partial charge on any atom is -0.478 e. The van der Waals surface area contributed by atoms with Crippen LogP contribution in [0.1, 0.15) is 72.1 Å². The number of benzene rings is 2. The summed E-state index contributed by atoms with van der Waals surface area (Å²) in [6, 6.07) is 14.5. The van der Waals surface area contributed by atoms with E-state index in [1.54, 1.807) is 27.3 Å². The number of carboxylic acids is 1. The van der Waals surface area contributed by atoms with Crippen LogP contribution in [0.4, 0.5) is 0 Å². The highest BCUT2D eigenvalue weighted by molar-refractivity contribution is 5.96. The van der Waals surface area contributed by atoms with Gasteiger partial charge in [0.2, 0.25) is 0 Å². The number of nitrogens with zero attached hydrogens (tertiary/aromatic N) is 2. The number of carboxylic acid groups (broad SMARTS) is 1. The number of hydrogen-bond donors (Lipinski definition) is 1. The van der Waals surface area contributed by atoms with Gasteiger partial charge in [0.25, 0.3) is 0 Å². The first kappa shape index (κ1) is 24.2. The smallest absolute Gasteiger partial charge is 0.336 e. The zero-order valence-electron chi connectivity index (χ0n) is 19.6. The van der Waals surface area contributed by atoms with Gasteiger partial charge in [0.1, 0.15) is 5.69 Å². The van der Waals surface area contributed by atoms with Gasteiger partial charge in [0.15, 0.2) is 6.29 Å². The molecule has 0 spiro atoms. The lowest BCUT2D eigenvalue weighted by atomic mass is 9.99. The van der Waals surface area contributed by atoms with Crippen molar-refractivity contribution in [1.82, 2.24) is 9.13 Å². The Balaban J connectivity index is 1.96. The van der Waals surface area contributed by atoms with Crippen LogP contribution in [-0.2, 0) is 19.5 Å². The zero-order chi connectivity index (χ0) is 24.0. The number of unbranched alkanes of at least 4 members (excludes halogenated alkanes) is 1. The van der Waals surface area contributed by atoms with Crippen molar-refractivity contribution < 1.29 is 14.7 Å². The monoisotopic (exact) mass is 448 g/mol. The van der Waals surface area contributed by atoms with E-state index in [1.165, 1.54) is 0 Å². The summed E-state index contributed by atoms with van der Waals surface area (Å²) < 4.78 is 3.34. The van der Waals surface area contributed by atoms with Crippen molar-refractivity contribution in [3.05, 3.63) is 81.5 Å². The van der Waals surface area contributed by atoms with Crippen molar-refractivity contribution in [2.75, 3.05) is 0 Å². The first-order valence-corrected chi connectivity index (χ1v) is 11.6. The van der Waals surface area contributed by atoms with Crippen LogP contribution in [0.5, 0.6) is 0 Å². The number of carbonyl (C=O) groups excluding carboxylic acids is 1. The number of rotatable bonds is 11. The van der Waals surface area contributed by atoms with Gasteiger partial charge in [0, 0.05) is 6.54 Å². The summed E-state index contributed by atoms with van der Waals surface area (Å²) >= 11 is 0. The Bertz CT molecular complexity index is 1170. The third-order valence-corrected chi connectivity index (χ3v) is 5.95. The van der Waals surface area contributed by atoms with Crippen molar-refractivity contribution in [1.29, 1.82) is 0 Å². The summed E-state index contributed by atoms with van der Waals surface area (Å²) in [6.07, 6.45) is 4.20. The lowest BCUT2D eigenvalue weighted by molar-refractivity contribution is 0.0697. The maximum Gasteiger partial charge on any atom is 0.336 e. The molecule has 33 heavy (non-hydrogen) atoms. The standard InChI is InChI=1S/C27H32N2O4/c1-4-5-10-24-25(18-30)28(16-15-19(2)3)27(33)29(24)17-20-11-13-21(14-12-20)22-8-6-7-9-23(22)26(31)32/h6-9,11-14,18-19H,4-5,10,15-17H2,1-3H3,(H,31,32). The Labute approximate surface area is 194 Å². The largest absolute Gasteiger partial charge is 0.478 e. The van der Waals surface area contributed by atoms with Crippen molar-refractivity contribution in [2.45, 2.75) is 59.5 Å². The molecule has 6 nitrogen and oxygen atoms in total. The maximum absolute atomic E-state index is 13.3. The van der Waals surface area contributed by atoms with Gasteiger partial charge < -0.3 is 5.11 Å². The van der Waals surface area contributed by atoms with Gasteiger partial charge in [-0.1, -0.05) is 69.7 Å². The third kappa shape index (κ3) is 5.51. The lowest BCUT2D eigenvalue weighted by Crippen LogP contribution is -2.26. The molecule has 1 heterocycles. The van der Waals surface area contributed by atoms with E-state index in [-0.39, 0.29) is 11.3 Å². The Hall–Kier alpha value is -3.41. The second kappa shape index (κ2) is 10.9. The Morgan fingerprint density at radius 2 is 1.76 bits per heavy atom. The molecule has 1 N–H and O–H groups in total. The predicted molar refractivity (Wildman–Crippen MR) is 130 cm³/mol. The van der Waals surface area contributed by atoms with Crippen LogP contribution in [0.15, 0.2) is 53.3 Å². The summed E-state index contributed by atoms with van der Waals surface area (Å²) in [5, 5.41) is 9.47. The average molecular weight is 449 g/mol. The fourth-order valence-electron chi connectivity index (χ4n) is 4.06. The Morgan fingerprint density at radius 3 is 2.36 bits per heavy atom. The van der Waals surface area contributed by atoms with Gasteiger partial charge in [-0.2, -0.15) is 0 Å². The lowest BCUT2D eigenvalue weighted by Gasteiger charge is -2.10. The summed E-state index contributed by atoms with van der Waals surface area (Å²) in [5.41, 5.74) is 3.76. The number of aldehydes is 1. The maximum atomic E-state index is 13.3. The average Bonchev–Trinajstić information content (AvgIpc) is 3.06. The quantitative estimate of drug-likeness (QED) is 0.406. The van der Waals surface area contributed by atoms with Crippen LogP contribution in [0.25, 0.3) is 11.1 Å². The van der Waals surface area contributed by atoms with Crippen LogP contribution >= 0.6 is 0 Å². The molecular formula is C27H32N2O4. The van der Waals surface area contributed by atoms with Gasteiger partial charge in [-0.15, -0.1) is 0 Å². The highest BCUT2D eigenvalue weighted by Gasteiger charge is 2.19.